The van der Waals surface area contributed by atoms with Crippen molar-refractivity contribution >= 4 is 35.1 Å². The van der Waals surface area contributed by atoms with E-state index in [9.17, 15) is 9.59 Å². The number of carbonyl (C=O) groups excluding carboxylic acids is 2. The summed E-state index contributed by atoms with van der Waals surface area (Å²) >= 11 is 1.30. The highest BCUT2D eigenvalue weighted by molar-refractivity contribution is 7.98. The van der Waals surface area contributed by atoms with E-state index in [1.807, 2.05) is 0 Å². The van der Waals surface area contributed by atoms with Crippen LogP contribution in [-0.2, 0) is 0 Å². The molecule has 108 valence electrons. The highest BCUT2D eigenvalue weighted by Gasteiger charge is 2.25. The Bertz CT molecular complexity index is 569. The first kappa shape index (κ1) is 14.6. The minimum Gasteiger partial charge on any atom is -0.365 e. The summed E-state index contributed by atoms with van der Waals surface area (Å²) in [5, 5.41) is 0.529. The molecular weight excluding hydrogens is 276 g/mol. The van der Waals surface area contributed by atoms with Gasteiger partial charge in [-0.1, -0.05) is 6.42 Å². The van der Waals surface area contributed by atoms with Crippen LogP contribution < -0.4 is 11.5 Å². The molecule has 20 heavy (non-hydrogen) atoms. The summed E-state index contributed by atoms with van der Waals surface area (Å²) in [5.41, 5.74) is 12.0. The quantitative estimate of drug-likeness (QED) is 0.737. The van der Waals surface area contributed by atoms with E-state index >= 15 is 0 Å². The number of aromatic nitrogens is 1. The minimum atomic E-state index is -0.689. The molecular formula is C13H18N4O2S. The number of amides is 2. The maximum Gasteiger partial charge on any atom is 0.253 e. The van der Waals surface area contributed by atoms with Gasteiger partial charge in [0.2, 0.25) is 0 Å². The predicted octanol–water partition coefficient (Wildman–Crippen LogP) is 1.97. The molecule has 1 aliphatic rings. The average molecular weight is 294 g/mol. The Hall–Kier alpha value is -1.76. The van der Waals surface area contributed by atoms with Gasteiger partial charge in [0.25, 0.3) is 11.8 Å². The molecule has 2 rings (SSSR count). The molecule has 7 heteroatoms. The molecule has 2 amide bonds. The van der Waals surface area contributed by atoms with Gasteiger partial charge in [0.05, 0.1) is 16.2 Å². The number of hydrogen-bond acceptors (Lipinski definition) is 4. The number of H-pyrrole nitrogens is 1. The molecule has 0 radical (unpaired) electrons. The number of rotatable bonds is 4. The van der Waals surface area contributed by atoms with E-state index < -0.39 is 11.8 Å². The fourth-order valence-electron chi connectivity index (χ4n) is 2.41. The fraction of sp³-hybridized carbons (Fsp3) is 0.462. The van der Waals surface area contributed by atoms with Gasteiger partial charge in [0.15, 0.2) is 0 Å². The Balaban J connectivity index is 2.52. The summed E-state index contributed by atoms with van der Waals surface area (Å²) in [6.07, 6.45) is 7.03. The summed E-state index contributed by atoms with van der Waals surface area (Å²) in [4.78, 5) is 30.7. The third-order valence-electron chi connectivity index (χ3n) is 3.34. The third kappa shape index (κ3) is 2.87. The lowest BCUT2D eigenvalue weighted by atomic mass is 9.98. The van der Waals surface area contributed by atoms with Gasteiger partial charge >= 0.3 is 0 Å². The predicted molar refractivity (Wildman–Crippen MR) is 79.8 cm³/mol. The summed E-state index contributed by atoms with van der Waals surface area (Å²) in [5.74, 6) is -1.01. The Labute approximate surface area is 121 Å². The average Bonchev–Trinajstić information content (AvgIpc) is 2.78. The van der Waals surface area contributed by atoms with E-state index in [2.05, 4.69) is 9.98 Å². The van der Waals surface area contributed by atoms with Crippen molar-refractivity contribution < 1.29 is 9.59 Å². The van der Waals surface area contributed by atoms with Crippen LogP contribution in [0.3, 0.4) is 0 Å². The van der Waals surface area contributed by atoms with Crippen molar-refractivity contribution in [3.05, 3.63) is 11.1 Å². The Morgan fingerprint density at radius 3 is 2.20 bits per heavy atom. The lowest BCUT2D eigenvalue weighted by Gasteiger charge is -2.11. The van der Waals surface area contributed by atoms with Crippen molar-refractivity contribution in [2.45, 2.75) is 37.1 Å². The van der Waals surface area contributed by atoms with E-state index in [4.69, 9.17) is 11.5 Å². The second kappa shape index (κ2) is 6.13. The maximum absolute atomic E-state index is 11.6. The molecule has 1 heterocycles. The van der Waals surface area contributed by atoms with Crippen LogP contribution in [0, 0.1) is 0 Å². The van der Waals surface area contributed by atoms with Crippen molar-refractivity contribution in [1.29, 1.82) is 0 Å². The molecule has 0 aliphatic heterocycles. The molecule has 1 saturated carbocycles. The number of nitrogens with zero attached hydrogens (tertiary/aromatic N) is 1. The van der Waals surface area contributed by atoms with Crippen LogP contribution in [-0.4, -0.2) is 28.8 Å². The molecule has 0 saturated heterocycles. The van der Waals surface area contributed by atoms with Crippen molar-refractivity contribution in [2.75, 3.05) is 6.26 Å². The summed E-state index contributed by atoms with van der Waals surface area (Å²) < 4.78 is 0. The maximum atomic E-state index is 11.6. The largest absolute Gasteiger partial charge is 0.365 e. The molecule has 0 atom stereocenters. The summed E-state index contributed by atoms with van der Waals surface area (Å²) in [7, 11) is 0. The van der Waals surface area contributed by atoms with Crippen LogP contribution in [0.25, 0.3) is 0 Å². The number of thioether (sulfide) groups is 1. The number of aliphatic imine (C=N–C) groups is 1. The molecule has 0 bridgehead atoms. The van der Waals surface area contributed by atoms with E-state index in [0.29, 0.717) is 10.8 Å². The first-order chi connectivity index (χ1) is 9.54. The van der Waals surface area contributed by atoms with Crippen LogP contribution in [0.15, 0.2) is 10.0 Å². The summed E-state index contributed by atoms with van der Waals surface area (Å²) in [6.45, 7) is 0. The lowest BCUT2D eigenvalue weighted by Crippen LogP contribution is -2.19. The number of nitrogens with one attached hydrogen (secondary N) is 1. The zero-order chi connectivity index (χ0) is 14.7. The molecule has 1 aliphatic carbocycles. The van der Waals surface area contributed by atoms with Gasteiger partial charge in [0.1, 0.15) is 5.82 Å². The standard InChI is InChI=1S/C13H18N4O2S/c1-20-13-9(11(15)19)8(10(14)18)12(17-13)16-7-5-3-2-4-6-7/h17H,2-6H2,1H3,(H2,14,18)(H2,15,19). The van der Waals surface area contributed by atoms with Gasteiger partial charge in [-0.25, -0.2) is 4.99 Å². The van der Waals surface area contributed by atoms with Crippen molar-refractivity contribution in [3.63, 3.8) is 0 Å². The lowest BCUT2D eigenvalue weighted by molar-refractivity contribution is 0.0966. The molecule has 5 N–H and O–H groups in total. The minimum absolute atomic E-state index is 0.0972. The molecule has 0 aromatic carbocycles. The summed E-state index contributed by atoms with van der Waals surface area (Å²) in [6, 6.07) is 0. The zero-order valence-electron chi connectivity index (χ0n) is 11.4. The monoisotopic (exact) mass is 294 g/mol. The van der Waals surface area contributed by atoms with Gasteiger partial charge in [-0.15, -0.1) is 11.8 Å². The second-order valence-electron chi connectivity index (χ2n) is 4.72. The van der Waals surface area contributed by atoms with Crippen LogP contribution >= 0.6 is 11.8 Å². The molecule has 1 aromatic heterocycles. The smallest absolute Gasteiger partial charge is 0.253 e. The molecule has 0 spiro atoms. The molecule has 0 unspecified atom stereocenters. The van der Waals surface area contributed by atoms with Crippen LogP contribution in [0.5, 0.6) is 0 Å². The van der Waals surface area contributed by atoms with Crippen molar-refractivity contribution in [3.8, 4) is 0 Å². The molecule has 6 nitrogen and oxygen atoms in total. The van der Waals surface area contributed by atoms with Gasteiger partial charge < -0.3 is 16.5 Å². The van der Waals surface area contributed by atoms with Crippen LogP contribution in [0.1, 0.15) is 52.8 Å². The zero-order valence-corrected chi connectivity index (χ0v) is 12.2. The number of primary amides is 2. The van der Waals surface area contributed by atoms with Gasteiger partial charge in [-0.05, 0) is 31.9 Å². The van der Waals surface area contributed by atoms with Crippen LogP contribution in [0.2, 0.25) is 0 Å². The first-order valence-electron chi connectivity index (χ1n) is 6.50. The third-order valence-corrected chi connectivity index (χ3v) is 4.06. The van der Waals surface area contributed by atoms with Crippen LogP contribution in [0.4, 0.5) is 5.82 Å². The van der Waals surface area contributed by atoms with Crippen molar-refractivity contribution in [2.24, 2.45) is 16.5 Å². The topological polar surface area (TPSA) is 114 Å². The number of hydrogen-bond donors (Lipinski definition) is 3. The Kier molecular flexibility index (Phi) is 4.49. The van der Waals surface area contributed by atoms with Gasteiger partial charge in [0, 0.05) is 5.71 Å². The second-order valence-corrected chi connectivity index (χ2v) is 5.54. The first-order valence-corrected chi connectivity index (χ1v) is 7.73. The van der Waals surface area contributed by atoms with E-state index in [1.165, 1.54) is 18.2 Å². The van der Waals surface area contributed by atoms with E-state index in [1.54, 1.807) is 6.26 Å². The molecule has 1 fully saturated rings. The normalized spacial score (nSPS) is 15.2. The fourth-order valence-corrected chi connectivity index (χ4v) is 3.01. The number of aromatic amines is 1. The molecule has 1 aromatic rings. The highest BCUT2D eigenvalue weighted by atomic mass is 32.2. The Morgan fingerprint density at radius 2 is 1.70 bits per heavy atom. The van der Waals surface area contributed by atoms with Crippen molar-refractivity contribution in [1.82, 2.24) is 4.98 Å². The van der Waals surface area contributed by atoms with E-state index in [0.717, 1.165) is 31.4 Å². The van der Waals surface area contributed by atoms with Gasteiger partial charge in [-0.2, -0.15) is 0 Å². The highest BCUT2D eigenvalue weighted by Crippen LogP contribution is 2.31. The van der Waals surface area contributed by atoms with Gasteiger partial charge in [-0.3, -0.25) is 9.59 Å². The SMILES string of the molecule is CSc1[nH]c(N=C2CCCCC2)c(C(N)=O)c1C(N)=O. The number of carbonyl (C=O) groups is 2. The Morgan fingerprint density at radius 1 is 1.10 bits per heavy atom. The number of nitrogens with two attached hydrogens (primary N) is 2. The van der Waals surface area contributed by atoms with E-state index in [-0.39, 0.29) is 11.1 Å².